The summed E-state index contributed by atoms with van der Waals surface area (Å²) in [6.45, 7) is 2.13. The predicted octanol–water partition coefficient (Wildman–Crippen LogP) is 11.6. The molecule has 3 heterocycles. The molecule has 0 fully saturated rings. The molecule has 1 aliphatic heterocycles. The van der Waals surface area contributed by atoms with Crippen LogP contribution in [0.5, 0.6) is 0 Å². The largest absolute Gasteiger partial charge is 0.350 e. The maximum atomic E-state index is 5.29. The van der Waals surface area contributed by atoms with Gasteiger partial charge in [-0.1, -0.05) is 133 Å². The average molecular weight is 708 g/mol. The van der Waals surface area contributed by atoms with Crippen molar-refractivity contribution in [1.29, 1.82) is 0 Å². The molecule has 0 spiro atoms. The Labute approximate surface area is 320 Å². The molecule has 0 saturated heterocycles. The molecule has 5 nitrogen and oxygen atoms in total. The topological polar surface area (TPSA) is 62.2 Å². The van der Waals surface area contributed by atoms with E-state index in [2.05, 4.69) is 180 Å². The normalized spacial score (nSPS) is 15.5. The number of nitrogens with zero attached hydrogens (tertiary/aromatic N) is 3. The Morgan fingerprint density at radius 3 is 1.91 bits per heavy atom. The van der Waals surface area contributed by atoms with Gasteiger partial charge in [0.2, 0.25) is 0 Å². The molecule has 7 aromatic carbocycles. The second kappa shape index (κ2) is 13.8. The second-order valence-corrected chi connectivity index (χ2v) is 14.3. The van der Waals surface area contributed by atoms with Crippen LogP contribution in [0.25, 0.3) is 66.0 Å². The lowest BCUT2D eigenvalue weighted by Crippen LogP contribution is -2.44. The van der Waals surface area contributed by atoms with Crippen LogP contribution in [-0.2, 0) is 0 Å². The lowest BCUT2D eigenvalue weighted by atomic mass is 9.93. The monoisotopic (exact) mass is 707 g/mol. The summed E-state index contributed by atoms with van der Waals surface area (Å²) in [5.74, 6) is 0.853. The van der Waals surface area contributed by atoms with Crippen LogP contribution in [0.15, 0.2) is 187 Å². The Kier molecular flexibility index (Phi) is 8.20. The molecule has 0 amide bonds. The first kappa shape index (κ1) is 32.7. The third kappa shape index (κ3) is 6.31. The van der Waals surface area contributed by atoms with Gasteiger partial charge in [0.25, 0.3) is 0 Å². The SMILES string of the molecule is Cc1ccc(-c2cc(C3=NC(c4ccccc4)NC(c4ccccc4)N3)cc(-c3ccc4cc(-c5nc6ccccc6c6ccncc56)ccc4c3)c2)cc1. The number of para-hydroxylation sites is 1. The van der Waals surface area contributed by atoms with E-state index in [9.17, 15) is 0 Å². The standard InChI is InChI=1S/C50H37N5/c1-32-16-18-33(19-17-32)40-28-41(30-42(29-40)50-54-48(34-10-4-2-5-11-34)53-49(55-50)35-12-6-3-7-13-35)38-21-20-37-27-39(23-22-36(37)26-38)47-45-31-51-25-24-43(45)44-14-8-9-15-46(44)52-47/h2-31,48-49,53H,1H3,(H,54,55). The van der Waals surface area contributed by atoms with Crippen molar-refractivity contribution in [2.75, 3.05) is 0 Å². The summed E-state index contributed by atoms with van der Waals surface area (Å²) in [4.78, 5) is 14.9. The highest BCUT2D eigenvalue weighted by atomic mass is 15.3. The molecule has 2 unspecified atom stereocenters. The van der Waals surface area contributed by atoms with Gasteiger partial charge in [-0.2, -0.15) is 0 Å². The van der Waals surface area contributed by atoms with Crippen molar-refractivity contribution in [3.63, 3.8) is 0 Å². The second-order valence-electron chi connectivity index (χ2n) is 14.3. The van der Waals surface area contributed by atoms with E-state index in [0.717, 1.165) is 88.5 Å². The summed E-state index contributed by atoms with van der Waals surface area (Å²) < 4.78 is 0. The maximum absolute atomic E-state index is 5.29. The number of aromatic nitrogens is 2. The van der Waals surface area contributed by atoms with Crippen LogP contribution in [0, 0.1) is 6.92 Å². The molecule has 0 saturated carbocycles. The van der Waals surface area contributed by atoms with Gasteiger partial charge in [0.05, 0.1) is 11.2 Å². The number of aliphatic imine (C=N–C) groups is 1. The molecule has 9 aromatic rings. The van der Waals surface area contributed by atoms with Crippen molar-refractivity contribution in [3.8, 4) is 33.5 Å². The first-order chi connectivity index (χ1) is 27.1. The van der Waals surface area contributed by atoms with Gasteiger partial charge in [0.1, 0.15) is 18.2 Å². The van der Waals surface area contributed by atoms with E-state index < -0.39 is 0 Å². The number of amidine groups is 1. The Bertz CT molecular complexity index is 2880. The number of aryl methyl sites for hydroxylation is 1. The van der Waals surface area contributed by atoms with Crippen LogP contribution in [0.4, 0.5) is 0 Å². The molecular weight excluding hydrogens is 671 g/mol. The molecule has 262 valence electrons. The van der Waals surface area contributed by atoms with E-state index in [-0.39, 0.29) is 12.3 Å². The molecule has 2 N–H and O–H groups in total. The van der Waals surface area contributed by atoms with Crippen LogP contribution in [0.2, 0.25) is 0 Å². The van der Waals surface area contributed by atoms with Crippen molar-refractivity contribution in [2.45, 2.75) is 19.3 Å². The van der Waals surface area contributed by atoms with Crippen LogP contribution >= 0.6 is 0 Å². The van der Waals surface area contributed by atoms with Crippen LogP contribution in [0.1, 0.15) is 34.6 Å². The highest BCUT2D eigenvalue weighted by Gasteiger charge is 2.26. The molecule has 10 rings (SSSR count). The first-order valence-corrected chi connectivity index (χ1v) is 18.7. The maximum Gasteiger partial charge on any atom is 0.131 e. The fourth-order valence-corrected chi connectivity index (χ4v) is 7.76. The van der Waals surface area contributed by atoms with Crippen LogP contribution in [-0.4, -0.2) is 15.8 Å². The molecule has 1 aliphatic rings. The van der Waals surface area contributed by atoms with Gasteiger partial charge in [-0.05, 0) is 98.9 Å². The quantitative estimate of drug-likeness (QED) is 0.169. The van der Waals surface area contributed by atoms with E-state index >= 15 is 0 Å². The van der Waals surface area contributed by atoms with E-state index in [0.29, 0.717) is 0 Å². The zero-order valence-electron chi connectivity index (χ0n) is 30.3. The van der Waals surface area contributed by atoms with E-state index in [4.69, 9.17) is 9.98 Å². The minimum Gasteiger partial charge on any atom is -0.350 e. The van der Waals surface area contributed by atoms with Crippen LogP contribution in [0.3, 0.4) is 0 Å². The van der Waals surface area contributed by atoms with Crippen LogP contribution < -0.4 is 10.6 Å². The molecular formula is C50H37N5. The summed E-state index contributed by atoms with van der Waals surface area (Å²) in [7, 11) is 0. The van der Waals surface area contributed by atoms with Crippen molar-refractivity contribution in [2.24, 2.45) is 4.99 Å². The summed E-state index contributed by atoms with van der Waals surface area (Å²) in [5, 5.41) is 13.2. The number of pyridine rings is 2. The lowest BCUT2D eigenvalue weighted by molar-refractivity contribution is 0.409. The number of benzene rings is 7. The van der Waals surface area contributed by atoms with E-state index in [1.807, 2.05) is 24.5 Å². The van der Waals surface area contributed by atoms with Gasteiger partial charge < -0.3 is 5.32 Å². The highest BCUT2D eigenvalue weighted by Crippen LogP contribution is 2.36. The average Bonchev–Trinajstić information content (AvgIpc) is 3.26. The third-order valence-corrected chi connectivity index (χ3v) is 10.7. The summed E-state index contributed by atoms with van der Waals surface area (Å²) in [5.41, 5.74) is 12.1. The summed E-state index contributed by atoms with van der Waals surface area (Å²) in [6, 6.07) is 60.4. The fraction of sp³-hybridized carbons (Fsp3) is 0.0600. The molecule has 55 heavy (non-hydrogen) atoms. The number of hydrogen-bond acceptors (Lipinski definition) is 5. The fourth-order valence-electron chi connectivity index (χ4n) is 7.76. The molecule has 2 atom stereocenters. The highest BCUT2D eigenvalue weighted by molar-refractivity contribution is 6.11. The molecule has 0 radical (unpaired) electrons. The van der Waals surface area contributed by atoms with Gasteiger partial charge in [-0.3, -0.25) is 10.3 Å². The van der Waals surface area contributed by atoms with E-state index in [1.165, 1.54) is 5.56 Å². The molecule has 0 aliphatic carbocycles. The number of rotatable bonds is 6. The van der Waals surface area contributed by atoms with Gasteiger partial charge in [-0.15, -0.1) is 0 Å². The van der Waals surface area contributed by atoms with E-state index in [1.54, 1.807) is 0 Å². The van der Waals surface area contributed by atoms with Gasteiger partial charge in [-0.25, -0.2) is 9.98 Å². The minimum absolute atomic E-state index is 0.120. The smallest absolute Gasteiger partial charge is 0.131 e. The Morgan fingerprint density at radius 2 is 1.13 bits per heavy atom. The Hall–Kier alpha value is -6.95. The Balaban J connectivity index is 1.08. The third-order valence-electron chi connectivity index (χ3n) is 10.7. The predicted molar refractivity (Wildman–Crippen MR) is 227 cm³/mol. The molecule has 0 bridgehead atoms. The van der Waals surface area contributed by atoms with Crippen molar-refractivity contribution >= 4 is 38.3 Å². The van der Waals surface area contributed by atoms with Crippen molar-refractivity contribution < 1.29 is 0 Å². The summed E-state index contributed by atoms with van der Waals surface area (Å²) >= 11 is 0. The number of nitrogens with one attached hydrogen (secondary N) is 2. The number of hydrogen-bond donors (Lipinski definition) is 2. The Morgan fingerprint density at radius 1 is 0.491 bits per heavy atom. The van der Waals surface area contributed by atoms with Crippen molar-refractivity contribution in [1.82, 2.24) is 20.6 Å². The minimum atomic E-state index is -0.214. The van der Waals surface area contributed by atoms with Gasteiger partial charge in [0.15, 0.2) is 0 Å². The zero-order chi connectivity index (χ0) is 36.7. The first-order valence-electron chi connectivity index (χ1n) is 18.7. The number of fused-ring (bicyclic) bond motifs is 4. The summed E-state index contributed by atoms with van der Waals surface area (Å²) in [6.07, 6.45) is 3.46. The van der Waals surface area contributed by atoms with Gasteiger partial charge >= 0.3 is 0 Å². The lowest BCUT2D eigenvalue weighted by Gasteiger charge is -2.32. The zero-order valence-corrected chi connectivity index (χ0v) is 30.3. The van der Waals surface area contributed by atoms with Gasteiger partial charge in [0, 0.05) is 34.3 Å². The van der Waals surface area contributed by atoms with Crippen molar-refractivity contribution in [3.05, 3.63) is 205 Å². The molecule has 2 aromatic heterocycles. The molecule has 5 heteroatoms.